The third-order valence-corrected chi connectivity index (χ3v) is 19.2. The van der Waals surface area contributed by atoms with E-state index in [4.69, 9.17) is 9.47 Å². The molecule has 462 valence electrons. The number of hydrogen-bond donors (Lipinski definition) is 0. The van der Waals surface area contributed by atoms with E-state index in [0.29, 0.717) is 47.5 Å². The monoisotopic (exact) mass is 1250 g/mol. The van der Waals surface area contributed by atoms with E-state index in [2.05, 4.69) is 159 Å². The highest BCUT2D eigenvalue weighted by Gasteiger charge is 2.48. The highest BCUT2D eigenvalue weighted by molar-refractivity contribution is 5.94. The maximum Gasteiger partial charge on any atom is 0.150 e. The van der Waals surface area contributed by atoms with E-state index in [9.17, 15) is 0 Å². The fourth-order valence-electron chi connectivity index (χ4n) is 15.0. The van der Waals surface area contributed by atoms with Crippen LogP contribution in [-0.2, 0) is 10.8 Å². The van der Waals surface area contributed by atoms with Crippen LogP contribution in [0.5, 0.6) is 11.5 Å². The molecule has 2 aliphatic rings. The quantitative estimate of drug-likeness (QED) is 0.0670. The predicted octanol–water partition coefficient (Wildman–Crippen LogP) is 23.0. The van der Waals surface area contributed by atoms with Gasteiger partial charge in [0.25, 0.3) is 0 Å². The minimum Gasteiger partial charge on any atom is -0.490 e. The maximum absolute atomic E-state index is 16.7. The fourth-order valence-corrected chi connectivity index (χ4v) is 15.0. The van der Waals surface area contributed by atoms with E-state index in [1.165, 1.54) is 36.4 Å². The van der Waals surface area contributed by atoms with Crippen LogP contribution < -0.4 is 19.3 Å². The average molecular weight is 1250 g/mol. The molecular weight excluding hydrogens is 1190 g/mol. The average Bonchev–Trinajstić information content (AvgIpc) is 1.53. The molecule has 0 radical (unpaired) electrons. The van der Waals surface area contributed by atoms with Gasteiger partial charge in [0.05, 0.1) is 10.8 Å². The molecule has 14 aromatic rings. The Balaban J connectivity index is 0.808. The van der Waals surface area contributed by atoms with Crippen molar-refractivity contribution in [3.8, 4) is 44.9 Å². The van der Waals surface area contributed by atoms with E-state index in [1.54, 1.807) is 22.0 Å². The van der Waals surface area contributed by atoms with Crippen molar-refractivity contribution in [1.29, 1.82) is 0 Å². The third-order valence-electron chi connectivity index (χ3n) is 19.2. The summed E-state index contributed by atoms with van der Waals surface area (Å²) in [4.78, 5) is 3.30. The van der Waals surface area contributed by atoms with Crippen molar-refractivity contribution >= 4 is 55.7 Å². The number of nitrogens with zero attached hydrogens (tertiary/aromatic N) is 2. The van der Waals surface area contributed by atoms with Gasteiger partial charge in [-0.1, -0.05) is 219 Å². The molecule has 0 amide bonds. The van der Waals surface area contributed by atoms with Gasteiger partial charge in [-0.15, -0.1) is 0 Å². The van der Waals surface area contributed by atoms with Crippen molar-refractivity contribution < 1.29 is 27.0 Å². The van der Waals surface area contributed by atoms with Crippen LogP contribution in [0.15, 0.2) is 329 Å². The number of para-hydroxylation sites is 2. The Morgan fingerprint density at radius 1 is 0.292 bits per heavy atom. The Labute approximate surface area is 554 Å². The summed E-state index contributed by atoms with van der Waals surface area (Å²) in [7, 11) is 0. The van der Waals surface area contributed by atoms with E-state index >= 15 is 17.6 Å². The number of rotatable bonds is 17. The molecule has 8 heteroatoms. The molecular formula is C88H60F4N2O2. The molecule has 0 aliphatic heterocycles. The maximum atomic E-state index is 16.7. The van der Waals surface area contributed by atoms with Crippen molar-refractivity contribution in [3.63, 3.8) is 0 Å². The van der Waals surface area contributed by atoms with Gasteiger partial charge in [0.15, 0.2) is 0 Å². The summed E-state index contributed by atoms with van der Waals surface area (Å²) in [6.45, 7) is 8.40. The van der Waals surface area contributed by atoms with Crippen molar-refractivity contribution in [1.82, 2.24) is 0 Å². The molecule has 16 rings (SSSR count). The Kier molecular flexibility index (Phi) is 14.9. The molecule has 4 nitrogen and oxygen atoms in total. The first-order chi connectivity index (χ1) is 47.1. The number of hydrogen-bond acceptors (Lipinski definition) is 4. The van der Waals surface area contributed by atoms with Crippen LogP contribution in [0.1, 0.15) is 44.5 Å². The molecule has 14 aromatic carbocycles. The lowest BCUT2D eigenvalue weighted by Crippen LogP contribution is -2.29. The summed E-state index contributed by atoms with van der Waals surface area (Å²) in [5.41, 5.74) is 13.5. The molecule has 0 heterocycles. The predicted molar refractivity (Wildman–Crippen MR) is 382 cm³/mol. The zero-order chi connectivity index (χ0) is 65.1. The lowest BCUT2D eigenvalue weighted by Gasteiger charge is -2.35. The number of ether oxygens (including phenoxy) is 2. The van der Waals surface area contributed by atoms with Crippen LogP contribution in [0.2, 0.25) is 0 Å². The summed E-state index contributed by atoms with van der Waals surface area (Å²) < 4.78 is 78.9. The molecule has 2 unspecified atom stereocenters. The first-order valence-corrected chi connectivity index (χ1v) is 32.0. The second kappa shape index (κ2) is 24.2. The summed E-state index contributed by atoms with van der Waals surface area (Å²) in [5, 5.41) is 4.34. The summed E-state index contributed by atoms with van der Waals surface area (Å²) in [6.07, 6.45) is 3.43. The van der Waals surface area contributed by atoms with Crippen LogP contribution in [0.4, 0.5) is 51.7 Å². The largest absolute Gasteiger partial charge is 0.490 e. The highest BCUT2D eigenvalue weighted by atomic mass is 19.1. The van der Waals surface area contributed by atoms with Crippen molar-refractivity contribution in [3.05, 3.63) is 396 Å². The van der Waals surface area contributed by atoms with Gasteiger partial charge in [-0.3, -0.25) is 0 Å². The van der Waals surface area contributed by atoms with Gasteiger partial charge in [-0.2, -0.15) is 0 Å². The molecule has 0 aromatic heterocycles. The molecule has 0 fully saturated rings. The van der Waals surface area contributed by atoms with Crippen molar-refractivity contribution in [2.75, 3.05) is 23.0 Å². The van der Waals surface area contributed by atoms with Gasteiger partial charge in [0.2, 0.25) is 0 Å². The van der Waals surface area contributed by atoms with Gasteiger partial charge in [0, 0.05) is 22.7 Å². The topological polar surface area (TPSA) is 24.9 Å². The molecule has 0 saturated carbocycles. The van der Waals surface area contributed by atoms with Gasteiger partial charge in [-0.05, 0) is 209 Å². The van der Waals surface area contributed by atoms with Gasteiger partial charge in [0.1, 0.15) is 59.4 Å². The Hall–Kier alpha value is -12.0. The van der Waals surface area contributed by atoms with Gasteiger partial charge < -0.3 is 19.3 Å². The van der Waals surface area contributed by atoms with Crippen molar-refractivity contribution in [2.45, 2.75) is 10.8 Å². The summed E-state index contributed by atoms with van der Waals surface area (Å²) in [6, 6.07) is 98.1. The molecule has 0 bridgehead atoms. The number of benzene rings is 14. The Bertz CT molecular complexity index is 4980. The molecule has 2 atom stereocenters. The Morgan fingerprint density at radius 3 is 1.01 bits per heavy atom. The number of anilines is 6. The third kappa shape index (κ3) is 9.66. The Morgan fingerprint density at radius 2 is 0.625 bits per heavy atom. The normalized spacial score (nSPS) is 14.9. The van der Waals surface area contributed by atoms with Gasteiger partial charge in [-0.25, -0.2) is 17.6 Å². The van der Waals surface area contributed by atoms with E-state index in [-0.39, 0.29) is 11.4 Å². The highest BCUT2D eigenvalue weighted by Crippen LogP contribution is 2.60. The van der Waals surface area contributed by atoms with Gasteiger partial charge >= 0.3 is 0 Å². The SMILES string of the molecule is C=CCOc1ccc(C2(c3ccc4ccccc4c3)c3ccccc3-c3ccc(N(c4ccc(-c5ccc(N(c6ccc7c(c6)C(c6ccc(OCC=C)cc6)(c6ccc8ccccc8c6)c6ccccc6-7)c6c(F)cccc6F)cc5)cc4)c4c(F)cccc4F)cc32)cc1. The molecule has 2 aliphatic carbocycles. The van der Waals surface area contributed by atoms with Crippen LogP contribution in [0.3, 0.4) is 0 Å². The van der Waals surface area contributed by atoms with E-state index in [0.717, 1.165) is 99.4 Å². The van der Waals surface area contributed by atoms with Crippen LogP contribution in [-0.4, -0.2) is 13.2 Å². The summed E-state index contributed by atoms with van der Waals surface area (Å²) in [5.74, 6) is -1.54. The summed E-state index contributed by atoms with van der Waals surface area (Å²) >= 11 is 0. The smallest absolute Gasteiger partial charge is 0.150 e. The number of halogens is 4. The lowest BCUT2D eigenvalue weighted by molar-refractivity contribution is 0.363. The molecule has 0 spiro atoms. The van der Waals surface area contributed by atoms with Crippen LogP contribution in [0.25, 0.3) is 54.9 Å². The first kappa shape index (κ1) is 59.0. The minimum absolute atomic E-state index is 0.234. The second-order valence-corrected chi connectivity index (χ2v) is 24.3. The second-order valence-electron chi connectivity index (χ2n) is 24.3. The first-order valence-electron chi connectivity index (χ1n) is 32.0. The molecule has 96 heavy (non-hydrogen) atoms. The zero-order valence-electron chi connectivity index (χ0n) is 52.1. The fraction of sp³-hybridized carbons (Fsp3) is 0.0455. The molecule has 0 N–H and O–H groups in total. The van der Waals surface area contributed by atoms with E-state index < -0.39 is 34.1 Å². The van der Waals surface area contributed by atoms with Crippen LogP contribution >= 0.6 is 0 Å². The van der Waals surface area contributed by atoms with Crippen molar-refractivity contribution in [2.24, 2.45) is 0 Å². The van der Waals surface area contributed by atoms with Crippen LogP contribution in [0, 0.1) is 23.3 Å². The molecule has 0 saturated heterocycles. The van der Waals surface area contributed by atoms with E-state index in [1.807, 2.05) is 121 Å². The standard InChI is InChI=1S/C88H60F4N2O2/c1-3-51-95-71-45-35-63(36-46-71)87(65-33-27-57-15-5-7-17-61(57)53-65)77-21-11-9-19-73(77)75-49-43-69(55-79(75)87)93(85-81(89)23-13-24-82(85)90)67-39-29-59(30-40-67)60-31-41-68(42-32-60)94(86-83(91)25-14-26-84(86)92)70-44-50-76-74-20-10-12-22-78(74)88(80(76)56-70,64-37-47-72(48-38-64)96-52-4-2)66-34-28-58-16-6-8-18-62(58)54-66/h3-50,53-56H,1-2,51-52H2. The minimum atomic E-state index is -0.894. The number of fused-ring (bicyclic) bond motifs is 8. The lowest BCUT2D eigenvalue weighted by atomic mass is 9.67. The zero-order valence-corrected chi connectivity index (χ0v) is 52.1.